The van der Waals surface area contributed by atoms with Crippen LogP contribution in [0.5, 0.6) is 0 Å². The average Bonchev–Trinajstić information content (AvgIpc) is 3.67. The number of anilines is 2. The molecule has 1 unspecified atom stereocenters. The number of nitrogens with one attached hydrogen (secondary N) is 1. The van der Waals surface area contributed by atoms with Gasteiger partial charge in [0.25, 0.3) is 11.8 Å². The van der Waals surface area contributed by atoms with Crippen LogP contribution in [0, 0.1) is 17.6 Å². The Kier molecular flexibility index (Phi) is 9.42. The first-order valence-electron chi connectivity index (χ1n) is 19.3. The minimum Gasteiger partial charge on any atom is -0.369 e. The third-order valence-electron chi connectivity index (χ3n) is 12.1. The lowest BCUT2D eigenvalue weighted by Crippen LogP contribution is -2.54. The quantitative estimate of drug-likeness (QED) is 0.143. The number of rotatable bonds is 8. The Hall–Kier alpha value is -5.83. The number of aromatic nitrogens is 2. The Morgan fingerprint density at radius 3 is 2.19 bits per heavy atom. The standard InChI is InChI=1S/C42H39F4N7O4/c43-32-19-26(25-1-3-28-31-23-47-11-7-34(31)52(42(45)46)36(28)21-25)20-33(44)38(32)51-13-9-24(10-14-51)8-12-49-15-17-50(18-16-49)27-2-4-29-30(22-27)41(57)53(40(29)56)35-5-6-37(54)48-39(35)55/h1-4,7,11,19-24,35,42H,5-6,8-10,12-18H2,(H,48,54,55). The van der Waals surface area contributed by atoms with Gasteiger partial charge in [0, 0.05) is 74.5 Å². The fraction of sp³-hybridized carbons (Fsp3) is 0.357. The number of benzene rings is 3. The summed E-state index contributed by atoms with van der Waals surface area (Å²) in [6.07, 6.45) is 5.70. The van der Waals surface area contributed by atoms with E-state index in [0.717, 1.165) is 67.1 Å². The number of carbonyl (C=O) groups excluding carboxylic acids is 4. The first-order valence-corrected chi connectivity index (χ1v) is 19.3. The SMILES string of the molecule is O=C1CCC(N2C(=O)c3ccc(N4CCN(CCC5CCN(c6c(F)cc(-c7ccc8c9cnccc9n(C(F)F)c8c7)cc6F)CC5)CC4)cc3C2=O)C(=O)N1. The number of piperidine rings is 2. The van der Waals surface area contributed by atoms with Crippen LogP contribution in [0.3, 0.4) is 0 Å². The first-order chi connectivity index (χ1) is 27.5. The molecule has 3 fully saturated rings. The van der Waals surface area contributed by atoms with E-state index in [1.54, 1.807) is 35.2 Å². The molecule has 294 valence electrons. The molecule has 5 aromatic rings. The second-order valence-electron chi connectivity index (χ2n) is 15.3. The number of hydrogen-bond acceptors (Lipinski definition) is 8. The van der Waals surface area contributed by atoms with E-state index < -0.39 is 47.9 Å². The second-order valence-corrected chi connectivity index (χ2v) is 15.3. The Balaban J connectivity index is 0.784. The largest absolute Gasteiger partial charge is 0.369 e. The van der Waals surface area contributed by atoms with Crippen molar-refractivity contribution in [1.29, 1.82) is 0 Å². The van der Waals surface area contributed by atoms with Crippen LogP contribution >= 0.6 is 0 Å². The monoisotopic (exact) mass is 781 g/mol. The van der Waals surface area contributed by atoms with Gasteiger partial charge in [-0.2, -0.15) is 8.78 Å². The lowest BCUT2D eigenvalue weighted by atomic mass is 9.92. The third kappa shape index (κ3) is 6.56. The molecule has 0 radical (unpaired) electrons. The van der Waals surface area contributed by atoms with Crippen LogP contribution in [0.4, 0.5) is 28.9 Å². The molecule has 11 nitrogen and oxygen atoms in total. The van der Waals surface area contributed by atoms with Gasteiger partial charge >= 0.3 is 6.55 Å². The number of imide groups is 2. The van der Waals surface area contributed by atoms with Crippen LogP contribution in [0.15, 0.2) is 67.0 Å². The van der Waals surface area contributed by atoms with Crippen molar-refractivity contribution in [2.45, 2.75) is 44.7 Å². The fourth-order valence-electron chi connectivity index (χ4n) is 9.01. The van der Waals surface area contributed by atoms with Crippen LogP contribution in [0.25, 0.3) is 32.9 Å². The molecular formula is C42H39F4N7O4. The molecule has 3 aromatic carbocycles. The number of fused-ring (bicyclic) bond motifs is 4. The molecule has 4 amide bonds. The molecular weight excluding hydrogens is 742 g/mol. The van der Waals surface area contributed by atoms with Gasteiger partial charge in [0.15, 0.2) is 0 Å². The summed E-state index contributed by atoms with van der Waals surface area (Å²) in [5.74, 6) is -3.07. The number of piperazine rings is 1. The molecule has 4 aliphatic rings. The number of halogens is 4. The van der Waals surface area contributed by atoms with E-state index >= 15 is 8.78 Å². The normalized spacial score (nSPS) is 19.7. The summed E-state index contributed by atoms with van der Waals surface area (Å²) in [7, 11) is 0. The van der Waals surface area contributed by atoms with Crippen molar-refractivity contribution in [3.8, 4) is 11.1 Å². The summed E-state index contributed by atoms with van der Waals surface area (Å²) < 4.78 is 60.5. The maximum absolute atomic E-state index is 15.6. The lowest BCUT2D eigenvalue weighted by molar-refractivity contribution is -0.136. The van der Waals surface area contributed by atoms with E-state index in [4.69, 9.17) is 0 Å². The zero-order valence-electron chi connectivity index (χ0n) is 30.9. The van der Waals surface area contributed by atoms with E-state index in [2.05, 4.69) is 20.1 Å². The van der Waals surface area contributed by atoms with Gasteiger partial charge in [-0.3, -0.25) is 43.8 Å². The van der Waals surface area contributed by atoms with Gasteiger partial charge in [-0.05, 0) is 91.7 Å². The van der Waals surface area contributed by atoms with Crippen LogP contribution in [0.2, 0.25) is 0 Å². The Morgan fingerprint density at radius 2 is 1.47 bits per heavy atom. The number of carbonyl (C=O) groups is 4. The molecule has 4 aliphatic heterocycles. The molecule has 15 heteroatoms. The van der Waals surface area contributed by atoms with Crippen LogP contribution < -0.4 is 15.1 Å². The third-order valence-corrected chi connectivity index (χ3v) is 12.1. The Bertz CT molecular complexity index is 2430. The molecule has 1 atom stereocenters. The molecule has 0 saturated carbocycles. The molecule has 2 aromatic heterocycles. The zero-order valence-corrected chi connectivity index (χ0v) is 30.9. The van der Waals surface area contributed by atoms with Gasteiger partial charge in [-0.25, -0.2) is 8.78 Å². The zero-order chi connectivity index (χ0) is 39.5. The maximum atomic E-state index is 15.6. The highest BCUT2D eigenvalue weighted by Crippen LogP contribution is 2.38. The minimum atomic E-state index is -2.80. The van der Waals surface area contributed by atoms with Gasteiger partial charge in [-0.15, -0.1) is 0 Å². The van der Waals surface area contributed by atoms with E-state index in [0.29, 0.717) is 40.9 Å². The number of hydrogen-bond donors (Lipinski definition) is 1. The van der Waals surface area contributed by atoms with Gasteiger partial charge in [0.05, 0.1) is 22.2 Å². The van der Waals surface area contributed by atoms with E-state index in [9.17, 15) is 28.0 Å². The van der Waals surface area contributed by atoms with Crippen molar-refractivity contribution >= 4 is 56.8 Å². The predicted molar refractivity (Wildman–Crippen MR) is 205 cm³/mol. The van der Waals surface area contributed by atoms with E-state index in [1.165, 1.54) is 30.6 Å². The highest BCUT2D eigenvalue weighted by Gasteiger charge is 2.45. The van der Waals surface area contributed by atoms with Gasteiger partial charge in [0.1, 0.15) is 23.4 Å². The fourth-order valence-corrected chi connectivity index (χ4v) is 9.01. The summed E-state index contributed by atoms with van der Waals surface area (Å²) in [6, 6.07) is 13.2. The summed E-state index contributed by atoms with van der Waals surface area (Å²) in [5, 5.41) is 3.38. The minimum absolute atomic E-state index is 0.0656. The van der Waals surface area contributed by atoms with Crippen molar-refractivity contribution < 1.29 is 36.7 Å². The highest BCUT2D eigenvalue weighted by molar-refractivity contribution is 6.23. The van der Waals surface area contributed by atoms with Crippen molar-refractivity contribution in [3.63, 3.8) is 0 Å². The molecule has 6 heterocycles. The first kappa shape index (κ1) is 36.8. The van der Waals surface area contributed by atoms with E-state index in [1.807, 2.05) is 6.07 Å². The van der Waals surface area contributed by atoms with Crippen molar-refractivity contribution in [1.82, 2.24) is 24.7 Å². The average molecular weight is 782 g/mol. The number of alkyl halides is 2. The summed E-state index contributed by atoms with van der Waals surface area (Å²) in [6.45, 7) is 2.18. The van der Waals surface area contributed by atoms with Gasteiger partial charge in [0.2, 0.25) is 11.8 Å². The van der Waals surface area contributed by atoms with Crippen LogP contribution in [-0.4, -0.2) is 94.8 Å². The smallest absolute Gasteiger partial charge is 0.319 e. The second kappa shape index (κ2) is 14.6. The summed E-state index contributed by atoms with van der Waals surface area (Å²) >= 11 is 0. The molecule has 57 heavy (non-hydrogen) atoms. The maximum Gasteiger partial charge on any atom is 0.319 e. The molecule has 9 rings (SSSR count). The van der Waals surface area contributed by atoms with E-state index in [-0.39, 0.29) is 40.7 Å². The number of nitrogens with zero attached hydrogens (tertiary/aromatic N) is 6. The summed E-state index contributed by atoms with van der Waals surface area (Å²) in [4.78, 5) is 61.8. The lowest BCUT2D eigenvalue weighted by Gasteiger charge is -2.38. The van der Waals surface area contributed by atoms with Gasteiger partial charge < -0.3 is 9.80 Å². The Morgan fingerprint density at radius 1 is 0.737 bits per heavy atom. The molecule has 0 aliphatic carbocycles. The van der Waals surface area contributed by atoms with Gasteiger partial charge in [-0.1, -0.05) is 12.1 Å². The van der Waals surface area contributed by atoms with Crippen LogP contribution in [-0.2, 0) is 9.59 Å². The molecule has 1 N–H and O–H groups in total. The Labute approximate surface area is 324 Å². The van der Waals surface area contributed by atoms with Crippen molar-refractivity contribution in [2.24, 2.45) is 5.92 Å². The van der Waals surface area contributed by atoms with Crippen molar-refractivity contribution in [3.05, 3.63) is 89.8 Å². The number of amides is 4. The molecule has 0 bridgehead atoms. The number of pyridine rings is 1. The predicted octanol–water partition coefficient (Wildman–Crippen LogP) is 6.36. The molecule has 3 saturated heterocycles. The topological polar surface area (TPSA) is 111 Å². The van der Waals surface area contributed by atoms with Crippen molar-refractivity contribution in [2.75, 3.05) is 55.6 Å². The van der Waals surface area contributed by atoms with Crippen LogP contribution in [0.1, 0.15) is 59.4 Å². The molecule has 0 spiro atoms. The highest BCUT2D eigenvalue weighted by atomic mass is 19.3. The summed E-state index contributed by atoms with van der Waals surface area (Å²) in [5.41, 5.74) is 2.58.